The molecule has 0 radical (unpaired) electrons. The second kappa shape index (κ2) is 4.57. The van der Waals surface area contributed by atoms with E-state index in [9.17, 15) is 4.79 Å². The number of carbonyl (C=O) groups excluding carboxylic acids is 1. The number of hydrogen-bond donors (Lipinski definition) is 0. The van der Waals surface area contributed by atoms with Gasteiger partial charge in [0, 0.05) is 0 Å². The summed E-state index contributed by atoms with van der Waals surface area (Å²) >= 11 is 5.40. The van der Waals surface area contributed by atoms with Crippen LogP contribution in [0.5, 0.6) is 0 Å². The summed E-state index contributed by atoms with van der Waals surface area (Å²) in [5.74, 6) is 0.568. The van der Waals surface area contributed by atoms with Gasteiger partial charge in [-0.25, -0.2) is 0 Å². The first kappa shape index (κ1) is 8.70. The highest BCUT2D eigenvalue weighted by Gasteiger charge is 1.90. The van der Waals surface area contributed by atoms with Crippen LogP contribution in [0.4, 0.5) is 0 Å². The third-order valence-corrected chi connectivity index (χ3v) is 1.14. The standard InChI is InChI=1S/C7H11ClO/c1-6(2)3-4-7(8)5-9/h4-6H,3H2,1-2H3/b7-4+. The molecule has 0 bridgehead atoms. The molecule has 0 fully saturated rings. The molecule has 0 amide bonds. The zero-order chi connectivity index (χ0) is 7.28. The van der Waals surface area contributed by atoms with Gasteiger partial charge in [0.2, 0.25) is 0 Å². The molecule has 0 N–H and O–H groups in total. The lowest BCUT2D eigenvalue weighted by molar-refractivity contribution is -0.104. The second-order valence-corrected chi connectivity index (χ2v) is 2.77. The zero-order valence-corrected chi connectivity index (χ0v) is 6.48. The van der Waals surface area contributed by atoms with Crippen LogP contribution in [0.15, 0.2) is 11.1 Å². The minimum atomic E-state index is 0.309. The molecule has 0 aromatic carbocycles. The third-order valence-electron chi connectivity index (χ3n) is 0.897. The van der Waals surface area contributed by atoms with E-state index in [-0.39, 0.29) is 0 Å². The summed E-state index contributed by atoms with van der Waals surface area (Å²) in [6, 6.07) is 0. The number of allylic oxidation sites excluding steroid dienone is 2. The summed E-state index contributed by atoms with van der Waals surface area (Å²) in [5.41, 5.74) is 0. The van der Waals surface area contributed by atoms with Gasteiger partial charge in [0.1, 0.15) is 0 Å². The van der Waals surface area contributed by atoms with Crippen LogP contribution in [0.1, 0.15) is 20.3 Å². The van der Waals surface area contributed by atoms with Crippen LogP contribution >= 0.6 is 11.6 Å². The summed E-state index contributed by atoms with van der Waals surface area (Å²) in [6.07, 6.45) is 3.26. The highest BCUT2D eigenvalue weighted by atomic mass is 35.5. The SMILES string of the molecule is CC(C)C/C=C(/Cl)C=O. The van der Waals surface area contributed by atoms with Gasteiger partial charge in [0.25, 0.3) is 0 Å². The Morgan fingerprint density at radius 1 is 1.67 bits per heavy atom. The Balaban J connectivity index is 3.56. The van der Waals surface area contributed by atoms with Gasteiger partial charge in [-0.15, -0.1) is 0 Å². The van der Waals surface area contributed by atoms with Crippen molar-refractivity contribution in [1.82, 2.24) is 0 Å². The van der Waals surface area contributed by atoms with Crippen molar-refractivity contribution in [1.29, 1.82) is 0 Å². The molecule has 0 aliphatic heterocycles. The van der Waals surface area contributed by atoms with E-state index >= 15 is 0 Å². The number of hydrogen-bond acceptors (Lipinski definition) is 1. The lowest BCUT2D eigenvalue weighted by Crippen LogP contribution is -1.83. The number of carbonyl (C=O) groups is 1. The molecule has 0 spiro atoms. The molecular weight excluding hydrogens is 136 g/mol. The minimum absolute atomic E-state index is 0.309. The molecule has 9 heavy (non-hydrogen) atoms. The van der Waals surface area contributed by atoms with Gasteiger partial charge in [-0.05, 0) is 12.3 Å². The third kappa shape index (κ3) is 5.57. The Morgan fingerprint density at radius 2 is 2.22 bits per heavy atom. The molecule has 0 rings (SSSR count). The molecule has 0 saturated carbocycles. The number of halogens is 1. The van der Waals surface area contributed by atoms with Crippen LogP contribution in [-0.4, -0.2) is 6.29 Å². The van der Waals surface area contributed by atoms with Crippen molar-refractivity contribution in [3.63, 3.8) is 0 Å². The van der Waals surface area contributed by atoms with Crippen molar-refractivity contribution >= 4 is 17.9 Å². The van der Waals surface area contributed by atoms with Gasteiger partial charge in [-0.3, -0.25) is 4.79 Å². The van der Waals surface area contributed by atoms with Crippen molar-refractivity contribution in [3.05, 3.63) is 11.1 Å². The van der Waals surface area contributed by atoms with E-state index in [1.807, 2.05) is 0 Å². The Bertz CT molecular complexity index is 116. The summed E-state index contributed by atoms with van der Waals surface area (Å²) in [5, 5.41) is 0.309. The molecule has 0 aliphatic carbocycles. The minimum Gasteiger partial charge on any atom is -0.297 e. The van der Waals surface area contributed by atoms with Crippen molar-refractivity contribution in [2.45, 2.75) is 20.3 Å². The molecule has 0 unspecified atom stereocenters. The largest absolute Gasteiger partial charge is 0.297 e. The Hall–Kier alpha value is -0.300. The summed E-state index contributed by atoms with van der Waals surface area (Å²) < 4.78 is 0. The molecule has 52 valence electrons. The quantitative estimate of drug-likeness (QED) is 0.441. The maximum absolute atomic E-state index is 9.92. The first-order valence-corrected chi connectivity index (χ1v) is 3.35. The number of rotatable bonds is 3. The normalized spacial score (nSPS) is 12.2. The average molecular weight is 147 g/mol. The van der Waals surface area contributed by atoms with Crippen LogP contribution < -0.4 is 0 Å². The molecule has 0 saturated heterocycles. The fraction of sp³-hybridized carbons (Fsp3) is 0.571. The molecule has 0 aromatic rings. The summed E-state index contributed by atoms with van der Waals surface area (Å²) in [6.45, 7) is 4.15. The molecule has 0 aromatic heterocycles. The summed E-state index contributed by atoms with van der Waals surface area (Å²) in [4.78, 5) is 9.92. The van der Waals surface area contributed by atoms with E-state index in [4.69, 9.17) is 11.6 Å². The first-order chi connectivity index (χ1) is 4.16. The monoisotopic (exact) mass is 146 g/mol. The predicted molar refractivity (Wildman–Crippen MR) is 39.5 cm³/mol. The van der Waals surface area contributed by atoms with Crippen molar-refractivity contribution in [2.24, 2.45) is 5.92 Å². The average Bonchev–Trinajstić information content (AvgIpc) is 1.83. The summed E-state index contributed by atoms with van der Waals surface area (Å²) in [7, 11) is 0. The van der Waals surface area contributed by atoms with Crippen molar-refractivity contribution in [3.8, 4) is 0 Å². The fourth-order valence-corrected chi connectivity index (χ4v) is 0.485. The van der Waals surface area contributed by atoms with Crippen LogP contribution in [0, 0.1) is 5.92 Å². The van der Waals surface area contributed by atoms with Crippen molar-refractivity contribution in [2.75, 3.05) is 0 Å². The highest BCUT2D eigenvalue weighted by molar-refractivity contribution is 6.38. The van der Waals surface area contributed by atoms with E-state index in [0.717, 1.165) is 6.42 Å². The van der Waals surface area contributed by atoms with E-state index in [1.54, 1.807) is 6.08 Å². The Labute approximate surface area is 60.7 Å². The van der Waals surface area contributed by atoms with Gasteiger partial charge in [0.15, 0.2) is 6.29 Å². The highest BCUT2D eigenvalue weighted by Crippen LogP contribution is 2.04. The molecular formula is C7H11ClO. The molecule has 1 nitrogen and oxygen atoms in total. The van der Waals surface area contributed by atoms with Gasteiger partial charge in [-0.1, -0.05) is 31.5 Å². The molecule has 0 atom stereocenters. The zero-order valence-electron chi connectivity index (χ0n) is 5.73. The van der Waals surface area contributed by atoms with Gasteiger partial charge in [0.05, 0.1) is 5.03 Å². The predicted octanol–water partition coefficient (Wildman–Crippen LogP) is 2.35. The molecule has 0 heterocycles. The van der Waals surface area contributed by atoms with Gasteiger partial charge in [-0.2, -0.15) is 0 Å². The second-order valence-electron chi connectivity index (χ2n) is 2.34. The lowest BCUT2D eigenvalue weighted by Gasteiger charge is -1.95. The van der Waals surface area contributed by atoms with Crippen LogP contribution in [0.3, 0.4) is 0 Å². The topological polar surface area (TPSA) is 17.1 Å². The van der Waals surface area contributed by atoms with Gasteiger partial charge >= 0.3 is 0 Å². The van der Waals surface area contributed by atoms with E-state index in [0.29, 0.717) is 17.2 Å². The smallest absolute Gasteiger partial charge is 0.161 e. The van der Waals surface area contributed by atoms with Gasteiger partial charge < -0.3 is 0 Å². The Morgan fingerprint density at radius 3 is 2.56 bits per heavy atom. The first-order valence-electron chi connectivity index (χ1n) is 2.97. The van der Waals surface area contributed by atoms with Crippen molar-refractivity contribution < 1.29 is 4.79 Å². The van der Waals surface area contributed by atoms with Crippen LogP contribution in [-0.2, 0) is 4.79 Å². The molecule has 2 heteroatoms. The number of aldehydes is 1. The maximum Gasteiger partial charge on any atom is 0.161 e. The van der Waals surface area contributed by atoms with E-state index in [2.05, 4.69) is 13.8 Å². The van der Waals surface area contributed by atoms with E-state index < -0.39 is 0 Å². The van der Waals surface area contributed by atoms with E-state index in [1.165, 1.54) is 0 Å². The van der Waals surface area contributed by atoms with Crippen LogP contribution in [0.2, 0.25) is 0 Å². The molecule has 0 aliphatic rings. The fourth-order valence-electron chi connectivity index (χ4n) is 0.396. The van der Waals surface area contributed by atoms with Crippen LogP contribution in [0.25, 0.3) is 0 Å². The lowest BCUT2D eigenvalue weighted by atomic mass is 10.1. The Kier molecular flexibility index (Phi) is 4.41. The maximum atomic E-state index is 9.92.